The first-order valence-corrected chi connectivity index (χ1v) is 17.1. The molecule has 2 saturated heterocycles. The summed E-state index contributed by atoms with van der Waals surface area (Å²) in [7, 11) is 1.65. The fraction of sp³-hybridized carbons (Fsp3) is 0.529. The van der Waals surface area contributed by atoms with Crippen LogP contribution in [0.1, 0.15) is 41.5 Å². The number of rotatable bonds is 10. The summed E-state index contributed by atoms with van der Waals surface area (Å²) in [6, 6.07) is 14.7. The second-order valence-corrected chi connectivity index (χ2v) is 13.6. The van der Waals surface area contributed by atoms with Gasteiger partial charge in [0, 0.05) is 61.4 Å². The van der Waals surface area contributed by atoms with Crippen molar-refractivity contribution >= 4 is 33.8 Å². The summed E-state index contributed by atoms with van der Waals surface area (Å²) in [6.45, 7) is 10.7. The van der Waals surface area contributed by atoms with E-state index in [1.54, 1.807) is 23.3 Å². The largest absolute Gasteiger partial charge is 0.497 e. The number of nitrogen functional groups attached to an aromatic ring is 1. The van der Waals surface area contributed by atoms with E-state index in [0.29, 0.717) is 30.9 Å². The number of nitrogens with two attached hydrogens (primary N) is 1. The number of benzene rings is 2. The van der Waals surface area contributed by atoms with E-state index in [2.05, 4.69) is 44.8 Å². The zero-order valence-electron chi connectivity index (χ0n) is 26.4. The first-order chi connectivity index (χ1) is 22.0. The summed E-state index contributed by atoms with van der Waals surface area (Å²) >= 11 is 1.67. The molecule has 11 heteroatoms. The first kappa shape index (κ1) is 30.4. The highest BCUT2D eigenvalue weighted by molar-refractivity contribution is 7.15. The molecule has 2 aromatic carbocycles. The van der Waals surface area contributed by atoms with Crippen molar-refractivity contribution in [3.05, 3.63) is 64.2 Å². The molecule has 0 saturated carbocycles. The second kappa shape index (κ2) is 12.9. The molecule has 4 heterocycles. The van der Waals surface area contributed by atoms with Crippen molar-refractivity contribution in [2.75, 3.05) is 81.7 Å². The Labute approximate surface area is 269 Å². The van der Waals surface area contributed by atoms with E-state index in [9.17, 15) is 4.79 Å². The summed E-state index contributed by atoms with van der Waals surface area (Å²) in [5.74, 6) is -0.718. The average Bonchev–Trinajstić information content (AvgIpc) is 3.77. The molecule has 3 aliphatic heterocycles. The number of hydrogen-bond donors (Lipinski definition) is 1. The smallest absolute Gasteiger partial charge is 0.292 e. The molecule has 3 aromatic rings. The van der Waals surface area contributed by atoms with E-state index in [-0.39, 0.29) is 5.91 Å². The molecule has 1 atom stereocenters. The van der Waals surface area contributed by atoms with E-state index in [1.807, 2.05) is 24.3 Å². The topological polar surface area (TPSA) is 96.6 Å². The number of ether oxygens (including phenoxy) is 3. The quantitative estimate of drug-likeness (QED) is 0.357. The normalized spacial score (nSPS) is 21.1. The maximum absolute atomic E-state index is 13.8. The lowest BCUT2D eigenvalue weighted by atomic mass is 9.96. The van der Waals surface area contributed by atoms with Crippen molar-refractivity contribution < 1.29 is 19.0 Å². The van der Waals surface area contributed by atoms with Crippen LogP contribution in [0.5, 0.6) is 5.75 Å². The standard InChI is InChI=1S/C34H44N6O4S/c1-3-12-38(26-6-10-29-31(22-26)45-33(35)36-29)16-13-37-14-17-39(18-15-37)25-7-11-30-28(21-25)34(43-19-20-44-34)32(41)40(30)23-24-4-8-27(42-2)9-5-24/h4-5,7-9,11,21,26H,3,6,10,12-20,22-23H2,1-2H3,(H2,35,36)/t26-/m0/s1. The van der Waals surface area contributed by atoms with Gasteiger partial charge < -0.3 is 29.7 Å². The van der Waals surface area contributed by atoms with Gasteiger partial charge in [-0.25, -0.2) is 4.98 Å². The number of nitrogens with zero attached hydrogens (tertiary/aromatic N) is 5. The molecule has 2 N–H and O–H groups in total. The number of fused-ring (bicyclic) bond motifs is 3. The highest BCUT2D eigenvalue weighted by atomic mass is 32.1. The molecule has 0 radical (unpaired) electrons. The number of amides is 1. The fourth-order valence-electron chi connectivity index (χ4n) is 7.34. The lowest BCUT2D eigenvalue weighted by molar-refractivity contribution is -0.180. The van der Waals surface area contributed by atoms with Gasteiger partial charge in [0.05, 0.1) is 38.2 Å². The third-order valence-electron chi connectivity index (χ3n) is 9.74. The Kier molecular flexibility index (Phi) is 8.71. The average molecular weight is 633 g/mol. The van der Waals surface area contributed by atoms with E-state index < -0.39 is 5.79 Å². The van der Waals surface area contributed by atoms with Gasteiger partial charge in [0.2, 0.25) is 0 Å². The molecular weight excluding hydrogens is 588 g/mol. The van der Waals surface area contributed by atoms with E-state index in [0.717, 1.165) is 99.7 Å². The molecule has 45 heavy (non-hydrogen) atoms. The Hall–Kier alpha value is -3.22. The Morgan fingerprint density at radius 3 is 2.60 bits per heavy atom. The third-order valence-corrected chi connectivity index (χ3v) is 10.7. The maximum atomic E-state index is 13.8. The molecule has 7 rings (SSSR count). The first-order valence-electron chi connectivity index (χ1n) is 16.3. The maximum Gasteiger partial charge on any atom is 0.292 e. The van der Waals surface area contributed by atoms with Crippen LogP contribution in [0.4, 0.5) is 16.5 Å². The van der Waals surface area contributed by atoms with Crippen molar-refractivity contribution in [3.8, 4) is 5.75 Å². The number of methoxy groups -OCH3 is 1. The molecule has 2 fully saturated rings. The monoisotopic (exact) mass is 632 g/mol. The number of carbonyl (C=O) groups is 1. The molecule has 1 aliphatic carbocycles. The van der Waals surface area contributed by atoms with E-state index in [1.165, 1.54) is 10.6 Å². The molecule has 1 spiro atoms. The molecule has 240 valence electrons. The highest BCUT2D eigenvalue weighted by Gasteiger charge is 2.56. The van der Waals surface area contributed by atoms with E-state index >= 15 is 0 Å². The summed E-state index contributed by atoms with van der Waals surface area (Å²) in [5, 5.41) is 0.708. The number of piperazine rings is 1. The SMILES string of the molecule is CCCN(CCN1CCN(c2ccc3c(c2)C2(OCCO2)C(=O)N3Cc2ccc(OC)cc2)CC1)[C@H]1CCc2nc(N)sc2C1. The molecule has 0 unspecified atom stereocenters. The Bertz CT molecular complexity index is 1500. The molecule has 0 bridgehead atoms. The van der Waals surface area contributed by atoms with E-state index in [4.69, 9.17) is 19.9 Å². The Morgan fingerprint density at radius 1 is 1.09 bits per heavy atom. The number of thiazole rings is 1. The Balaban J connectivity index is 0.996. The van der Waals surface area contributed by atoms with Crippen LogP contribution in [0.2, 0.25) is 0 Å². The molecule has 1 amide bonds. The second-order valence-electron chi connectivity index (χ2n) is 12.4. The van der Waals surface area contributed by atoms with Crippen LogP contribution in [0.3, 0.4) is 0 Å². The lowest BCUT2D eigenvalue weighted by Gasteiger charge is -2.39. The molecular formula is C34H44N6O4S. The minimum atomic E-state index is -1.35. The number of hydrogen-bond acceptors (Lipinski definition) is 10. The van der Waals surface area contributed by atoms with Crippen LogP contribution in [0.15, 0.2) is 42.5 Å². The molecule has 10 nitrogen and oxygen atoms in total. The van der Waals surface area contributed by atoms with Crippen LogP contribution >= 0.6 is 11.3 Å². The van der Waals surface area contributed by atoms with Gasteiger partial charge in [0.1, 0.15) is 5.75 Å². The predicted molar refractivity (Wildman–Crippen MR) is 177 cm³/mol. The van der Waals surface area contributed by atoms with Gasteiger partial charge in [-0.15, -0.1) is 11.3 Å². The van der Waals surface area contributed by atoms with Gasteiger partial charge in [-0.3, -0.25) is 14.6 Å². The summed E-state index contributed by atoms with van der Waals surface area (Å²) in [6.07, 6.45) is 4.44. The molecule has 4 aliphatic rings. The predicted octanol–water partition coefficient (Wildman–Crippen LogP) is 3.87. The van der Waals surface area contributed by atoms with Crippen LogP contribution < -0.4 is 20.3 Å². The summed E-state index contributed by atoms with van der Waals surface area (Å²) < 4.78 is 17.5. The highest BCUT2D eigenvalue weighted by Crippen LogP contribution is 2.47. The lowest BCUT2D eigenvalue weighted by Crippen LogP contribution is -2.50. The Morgan fingerprint density at radius 2 is 1.87 bits per heavy atom. The van der Waals surface area contributed by atoms with Gasteiger partial charge in [0.15, 0.2) is 5.13 Å². The number of carbonyl (C=O) groups excluding carboxylic acids is 1. The van der Waals surface area contributed by atoms with Gasteiger partial charge in [-0.2, -0.15) is 0 Å². The minimum absolute atomic E-state index is 0.155. The van der Waals surface area contributed by atoms with Gasteiger partial charge in [-0.05, 0) is 68.1 Å². The van der Waals surface area contributed by atoms with Crippen LogP contribution in [-0.2, 0) is 39.4 Å². The fourth-order valence-corrected chi connectivity index (χ4v) is 8.29. The van der Waals surface area contributed by atoms with Crippen LogP contribution in [0.25, 0.3) is 0 Å². The van der Waals surface area contributed by atoms with Crippen LogP contribution in [0, 0.1) is 0 Å². The zero-order chi connectivity index (χ0) is 31.0. The zero-order valence-corrected chi connectivity index (χ0v) is 27.2. The van der Waals surface area contributed by atoms with Crippen molar-refractivity contribution in [1.29, 1.82) is 0 Å². The number of aromatic nitrogens is 1. The number of aryl methyl sites for hydroxylation is 1. The van der Waals surface area contributed by atoms with Crippen molar-refractivity contribution in [1.82, 2.24) is 14.8 Å². The van der Waals surface area contributed by atoms with Crippen molar-refractivity contribution in [3.63, 3.8) is 0 Å². The molecule has 1 aromatic heterocycles. The van der Waals surface area contributed by atoms with Crippen LogP contribution in [-0.4, -0.2) is 92.9 Å². The minimum Gasteiger partial charge on any atom is -0.497 e. The third kappa shape index (κ3) is 5.92. The van der Waals surface area contributed by atoms with Gasteiger partial charge in [0.25, 0.3) is 11.7 Å². The number of anilines is 3. The summed E-state index contributed by atoms with van der Waals surface area (Å²) in [5.41, 5.74) is 11.0. The van der Waals surface area contributed by atoms with Gasteiger partial charge in [-0.1, -0.05) is 19.1 Å². The van der Waals surface area contributed by atoms with Crippen molar-refractivity contribution in [2.24, 2.45) is 0 Å². The van der Waals surface area contributed by atoms with Gasteiger partial charge >= 0.3 is 0 Å². The summed E-state index contributed by atoms with van der Waals surface area (Å²) in [4.78, 5) is 29.2. The van der Waals surface area contributed by atoms with Crippen molar-refractivity contribution in [2.45, 2.75) is 51.0 Å².